The average Bonchev–Trinajstić information content (AvgIpc) is 3.40. The Morgan fingerprint density at radius 1 is 0.294 bits per heavy atom. The molecule has 0 heteroatoms. The van der Waals surface area contributed by atoms with Crippen molar-refractivity contribution in [2.45, 2.75) is 19.3 Å². The standard InChI is InChI=1S/C51H36/c1-51(2)47-32-37(27-28-40(47)46-30-35-17-6-7-18-36(35)31-48(46)51)34-19-14-20-38(29-34)49-42-23-10-12-25-44(42)50(45-26-13-11-24-43(45)49)41-22-9-8-21-39(41)33-15-4-3-5-16-33/h3-32H,1-2H3. The van der Waals surface area contributed by atoms with Crippen LogP contribution in [0.25, 0.3) is 88.0 Å². The van der Waals surface area contributed by atoms with Gasteiger partial charge in [-0.15, -0.1) is 0 Å². The molecule has 0 fully saturated rings. The van der Waals surface area contributed by atoms with Gasteiger partial charge in [0, 0.05) is 5.41 Å². The van der Waals surface area contributed by atoms with Gasteiger partial charge in [-0.05, 0) is 123 Å². The number of hydrogen-bond donors (Lipinski definition) is 0. The Balaban J connectivity index is 1.15. The van der Waals surface area contributed by atoms with E-state index in [1.165, 1.54) is 99.1 Å². The van der Waals surface area contributed by atoms with Crippen molar-refractivity contribution in [3.05, 3.63) is 193 Å². The van der Waals surface area contributed by atoms with E-state index in [0.717, 1.165) is 0 Å². The van der Waals surface area contributed by atoms with Crippen molar-refractivity contribution in [1.29, 1.82) is 0 Å². The van der Waals surface area contributed by atoms with E-state index in [2.05, 4.69) is 196 Å². The third-order valence-corrected chi connectivity index (χ3v) is 11.2. The monoisotopic (exact) mass is 648 g/mol. The van der Waals surface area contributed by atoms with E-state index in [0.29, 0.717) is 0 Å². The van der Waals surface area contributed by atoms with Crippen molar-refractivity contribution >= 4 is 32.3 Å². The molecular formula is C51H36. The van der Waals surface area contributed by atoms with Crippen LogP contribution in [0, 0.1) is 0 Å². The molecule has 0 bridgehead atoms. The minimum atomic E-state index is -0.0827. The molecule has 0 aromatic heterocycles. The topological polar surface area (TPSA) is 0 Å². The van der Waals surface area contributed by atoms with Crippen molar-refractivity contribution in [3.8, 4) is 55.6 Å². The van der Waals surface area contributed by atoms with Crippen LogP contribution in [0.2, 0.25) is 0 Å². The highest BCUT2D eigenvalue weighted by atomic mass is 14.4. The molecule has 240 valence electrons. The minimum absolute atomic E-state index is 0.0827. The zero-order chi connectivity index (χ0) is 34.1. The minimum Gasteiger partial charge on any atom is -0.0622 e. The smallest absolute Gasteiger partial charge is 0.0159 e. The van der Waals surface area contributed by atoms with Crippen LogP contribution in [0.1, 0.15) is 25.0 Å². The van der Waals surface area contributed by atoms with Gasteiger partial charge in [-0.25, -0.2) is 0 Å². The second-order valence-electron chi connectivity index (χ2n) is 14.5. The van der Waals surface area contributed by atoms with Crippen LogP contribution in [0.15, 0.2) is 182 Å². The van der Waals surface area contributed by atoms with Gasteiger partial charge in [0.1, 0.15) is 0 Å². The van der Waals surface area contributed by atoms with Crippen molar-refractivity contribution in [1.82, 2.24) is 0 Å². The summed E-state index contributed by atoms with van der Waals surface area (Å²) in [4.78, 5) is 0. The van der Waals surface area contributed by atoms with Gasteiger partial charge >= 0.3 is 0 Å². The largest absolute Gasteiger partial charge is 0.0622 e. The first kappa shape index (κ1) is 29.7. The molecular weight excluding hydrogens is 613 g/mol. The summed E-state index contributed by atoms with van der Waals surface area (Å²) in [7, 11) is 0. The lowest BCUT2D eigenvalue weighted by Gasteiger charge is -2.22. The van der Waals surface area contributed by atoms with Crippen LogP contribution in [0.5, 0.6) is 0 Å². The molecule has 0 aliphatic heterocycles. The molecule has 0 nitrogen and oxygen atoms in total. The molecule has 0 unspecified atom stereocenters. The van der Waals surface area contributed by atoms with Crippen molar-refractivity contribution < 1.29 is 0 Å². The Labute approximate surface area is 299 Å². The highest BCUT2D eigenvalue weighted by Gasteiger charge is 2.36. The summed E-state index contributed by atoms with van der Waals surface area (Å²) in [5.74, 6) is 0. The Bertz CT molecular complexity index is 2760. The van der Waals surface area contributed by atoms with Crippen molar-refractivity contribution in [2.75, 3.05) is 0 Å². The maximum absolute atomic E-state index is 2.44. The van der Waals surface area contributed by atoms with Gasteiger partial charge in [-0.3, -0.25) is 0 Å². The third kappa shape index (κ3) is 4.60. The SMILES string of the molecule is CC1(C)c2cc(-c3cccc(-c4c5ccccc5c(-c5ccccc5-c5ccccc5)c5ccccc45)c3)ccc2-c2cc3ccccc3cc21. The van der Waals surface area contributed by atoms with E-state index in [9.17, 15) is 0 Å². The van der Waals surface area contributed by atoms with E-state index >= 15 is 0 Å². The summed E-state index contributed by atoms with van der Waals surface area (Å²) in [6.07, 6.45) is 0. The normalized spacial score (nSPS) is 13.1. The van der Waals surface area contributed by atoms with E-state index in [-0.39, 0.29) is 5.41 Å². The van der Waals surface area contributed by atoms with Crippen molar-refractivity contribution in [2.24, 2.45) is 0 Å². The van der Waals surface area contributed by atoms with Crippen LogP contribution in [-0.4, -0.2) is 0 Å². The fourth-order valence-corrected chi connectivity index (χ4v) is 8.76. The summed E-state index contributed by atoms with van der Waals surface area (Å²) in [6.45, 7) is 4.75. The summed E-state index contributed by atoms with van der Waals surface area (Å²) >= 11 is 0. The van der Waals surface area contributed by atoms with Gasteiger partial charge in [0.05, 0.1) is 0 Å². The molecule has 51 heavy (non-hydrogen) atoms. The molecule has 1 aliphatic carbocycles. The summed E-state index contributed by atoms with van der Waals surface area (Å²) < 4.78 is 0. The molecule has 0 amide bonds. The Hall–Kier alpha value is -6.24. The van der Waals surface area contributed by atoms with Gasteiger partial charge in [-0.2, -0.15) is 0 Å². The van der Waals surface area contributed by atoms with E-state index in [1.54, 1.807) is 0 Å². The van der Waals surface area contributed by atoms with E-state index in [4.69, 9.17) is 0 Å². The maximum Gasteiger partial charge on any atom is 0.0159 e. The molecule has 1 aliphatic rings. The molecule has 0 saturated carbocycles. The predicted octanol–water partition coefficient (Wildman–Crippen LogP) is 14.1. The van der Waals surface area contributed by atoms with Gasteiger partial charge in [0.2, 0.25) is 0 Å². The number of fused-ring (bicyclic) bond motifs is 6. The Morgan fingerprint density at radius 3 is 1.51 bits per heavy atom. The van der Waals surface area contributed by atoms with Gasteiger partial charge < -0.3 is 0 Å². The predicted molar refractivity (Wildman–Crippen MR) is 218 cm³/mol. The van der Waals surface area contributed by atoms with Gasteiger partial charge in [-0.1, -0.05) is 172 Å². The van der Waals surface area contributed by atoms with Crippen LogP contribution >= 0.6 is 0 Å². The van der Waals surface area contributed by atoms with E-state index in [1.807, 2.05) is 0 Å². The summed E-state index contributed by atoms with van der Waals surface area (Å²) in [6, 6.07) is 67.4. The zero-order valence-electron chi connectivity index (χ0n) is 28.8. The highest BCUT2D eigenvalue weighted by Crippen LogP contribution is 2.51. The second kappa shape index (κ2) is 11.4. The van der Waals surface area contributed by atoms with Crippen LogP contribution in [-0.2, 0) is 5.41 Å². The number of rotatable bonds is 4. The third-order valence-electron chi connectivity index (χ3n) is 11.2. The van der Waals surface area contributed by atoms with Crippen LogP contribution in [0.3, 0.4) is 0 Å². The molecule has 9 aromatic rings. The molecule has 0 N–H and O–H groups in total. The lowest BCUT2D eigenvalue weighted by Crippen LogP contribution is -2.15. The van der Waals surface area contributed by atoms with E-state index < -0.39 is 0 Å². The molecule has 9 aromatic carbocycles. The lowest BCUT2D eigenvalue weighted by molar-refractivity contribution is 0.661. The highest BCUT2D eigenvalue weighted by molar-refractivity contribution is 6.22. The quantitative estimate of drug-likeness (QED) is 0.167. The first-order valence-electron chi connectivity index (χ1n) is 17.9. The zero-order valence-corrected chi connectivity index (χ0v) is 28.8. The molecule has 10 rings (SSSR count). The first-order valence-corrected chi connectivity index (χ1v) is 17.9. The maximum atomic E-state index is 2.44. The number of benzene rings is 9. The molecule has 0 spiro atoms. The number of hydrogen-bond acceptors (Lipinski definition) is 0. The Kier molecular flexibility index (Phi) is 6.63. The van der Waals surface area contributed by atoms with Gasteiger partial charge in [0.25, 0.3) is 0 Å². The van der Waals surface area contributed by atoms with Crippen molar-refractivity contribution in [3.63, 3.8) is 0 Å². The average molecular weight is 649 g/mol. The molecule has 0 radical (unpaired) electrons. The first-order chi connectivity index (χ1) is 25.1. The fraction of sp³-hybridized carbons (Fsp3) is 0.0588. The lowest BCUT2D eigenvalue weighted by atomic mass is 9.81. The van der Waals surface area contributed by atoms with Gasteiger partial charge in [0.15, 0.2) is 0 Å². The van der Waals surface area contributed by atoms with Crippen LogP contribution < -0.4 is 0 Å². The fourth-order valence-electron chi connectivity index (χ4n) is 8.76. The molecule has 0 saturated heterocycles. The summed E-state index contributed by atoms with van der Waals surface area (Å²) in [5.41, 5.74) is 15.5. The second-order valence-corrected chi connectivity index (χ2v) is 14.5. The molecule has 0 atom stereocenters. The summed E-state index contributed by atoms with van der Waals surface area (Å²) in [5, 5.41) is 7.67. The molecule has 0 heterocycles. The Morgan fingerprint density at radius 2 is 0.804 bits per heavy atom. The van der Waals surface area contributed by atoms with Crippen LogP contribution in [0.4, 0.5) is 0 Å².